The first-order valence-corrected chi connectivity index (χ1v) is 11.5. The first-order chi connectivity index (χ1) is 13.3. The smallest absolute Gasteiger partial charge is 0.323 e. The monoisotopic (exact) mass is 471 g/mol. The third-order valence-electron chi connectivity index (χ3n) is 4.52. The summed E-state index contributed by atoms with van der Waals surface area (Å²) in [6, 6.07) is 3.71. The van der Waals surface area contributed by atoms with Crippen molar-refractivity contribution in [2.45, 2.75) is 65.7 Å². The molecule has 1 aromatic rings. The number of thioether (sulfide) groups is 1. The summed E-state index contributed by atoms with van der Waals surface area (Å²) in [6.45, 7) is 5.42. The number of anilines is 1. The molecule has 28 heavy (non-hydrogen) atoms. The van der Waals surface area contributed by atoms with E-state index in [4.69, 9.17) is 0 Å². The number of hydrogen-bond donors (Lipinski definition) is 1. The molecule has 1 rings (SSSR count). The van der Waals surface area contributed by atoms with Gasteiger partial charge in [0.2, 0.25) is 5.91 Å². The van der Waals surface area contributed by atoms with Crippen LogP contribution in [-0.2, 0) is 14.4 Å². The van der Waals surface area contributed by atoms with E-state index in [0.29, 0.717) is 12.1 Å². The quantitative estimate of drug-likeness (QED) is 0.407. The van der Waals surface area contributed by atoms with Crippen LogP contribution in [-0.4, -0.2) is 34.4 Å². The number of hydrogen-bond acceptors (Lipinski definition) is 4. The predicted molar refractivity (Wildman–Crippen MR) is 119 cm³/mol. The van der Waals surface area contributed by atoms with Gasteiger partial charge in [-0.05, 0) is 37.5 Å². The van der Waals surface area contributed by atoms with E-state index >= 15 is 0 Å². The lowest BCUT2D eigenvalue weighted by Gasteiger charge is -2.25. The third-order valence-corrected chi connectivity index (χ3v) is 6.30. The maximum Gasteiger partial charge on any atom is 0.323 e. The summed E-state index contributed by atoms with van der Waals surface area (Å²) in [7, 11) is 0. The lowest BCUT2D eigenvalue weighted by Crippen LogP contribution is -2.38. The summed E-state index contributed by atoms with van der Waals surface area (Å²) in [5, 5.41) is 9.24. The van der Waals surface area contributed by atoms with Crippen LogP contribution in [0.3, 0.4) is 0 Å². The molecular weight excluding hydrogens is 442 g/mol. The molecule has 0 unspecified atom stereocenters. The summed E-state index contributed by atoms with van der Waals surface area (Å²) in [6.07, 6.45) is 7.09. The molecule has 0 radical (unpaired) electrons. The Morgan fingerprint density at radius 2 is 1.71 bits per heavy atom. The van der Waals surface area contributed by atoms with E-state index in [1.165, 1.54) is 24.2 Å². The standard InChI is InChI=1S/C21H30BrNO4S/c1-4-5-6-7-8-9-10-20(27)28-14-18(24)23(13-19(25)26)21-15(2)11-12-17(22)16(21)3/h11-12H,4-10,13-14H2,1-3H3,(H,25,26). The van der Waals surface area contributed by atoms with Crippen LogP contribution in [0.2, 0.25) is 0 Å². The molecule has 0 saturated heterocycles. The number of carbonyl (C=O) groups excluding carboxylic acids is 2. The Bertz CT molecular complexity index is 693. The molecular formula is C21H30BrNO4S. The number of carboxylic acids is 1. The van der Waals surface area contributed by atoms with Crippen molar-refractivity contribution >= 4 is 50.4 Å². The molecule has 0 aliphatic carbocycles. The normalized spacial score (nSPS) is 10.7. The van der Waals surface area contributed by atoms with Crippen LogP contribution < -0.4 is 4.90 Å². The minimum atomic E-state index is -1.09. The van der Waals surface area contributed by atoms with E-state index < -0.39 is 12.5 Å². The van der Waals surface area contributed by atoms with Crippen molar-refractivity contribution in [1.82, 2.24) is 0 Å². The fraction of sp³-hybridized carbons (Fsp3) is 0.571. The van der Waals surface area contributed by atoms with Gasteiger partial charge in [0.05, 0.1) is 11.4 Å². The number of halogens is 1. The third kappa shape index (κ3) is 8.35. The van der Waals surface area contributed by atoms with Crippen molar-refractivity contribution in [2.24, 2.45) is 0 Å². The van der Waals surface area contributed by atoms with Gasteiger partial charge in [-0.25, -0.2) is 0 Å². The topological polar surface area (TPSA) is 74.7 Å². The number of carboxylic acid groups (broad SMARTS) is 1. The average molecular weight is 472 g/mol. The Balaban J connectivity index is 2.66. The van der Waals surface area contributed by atoms with Gasteiger partial charge in [-0.2, -0.15) is 0 Å². The second-order valence-electron chi connectivity index (χ2n) is 6.89. The number of unbranched alkanes of at least 4 members (excludes halogenated alkanes) is 5. The van der Waals surface area contributed by atoms with Crippen LogP contribution in [0.5, 0.6) is 0 Å². The van der Waals surface area contributed by atoms with Crippen LogP contribution >= 0.6 is 27.7 Å². The Labute approximate surface area is 180 Å². The van der Waals surface area contributed by atoms with Gasteiger partial charge < -0.3 is 5.11 Å². The van der Waals surface area contributed by atoms with Crippen molar-refractivity contribution in [3.63, 3.8) is 0 Å². The zero-order chi connectivity index (χ0) is 21.1. The van der Waals surface area contributed by atoms with Gasteiger partial charge in [0.15, 0.2) is 5.12 Å². The van der Waals surface area contributed by atoms with Gasteiger partial charge >= 0.3 is 5.97 Å². The fourth-order valence-electron chi connectivity index (χ4n) is 3.00. The highest BCUT2D eigenvalue weighted by Crippen LogP contribution is 2.31. The first kappa shape index (κ1) is 24.7. The Morgan fingerprint density at radius 1 is 1.07 bits per heavy atom. The van der Waals surface area contributed by atoms with Crippen LogP contribution in [0.15, 0.2) is 16.6 Å². The van der Waals surface area contributed by atoms with Crippen molar-refractivity contribution in [3.05, 3.63) is 27.7 Å². The predicted octanol–water partition coefficient (Wildman–Crippen LogP) is 5.49. The molecule has 156 valence electrons. The van der Waals surface area contributed by atoms with Gasteiger partial charge in [-0.15, -0.1) is 0 Å². The summed E-state index contributed by atoms with van der Waals surface area (Å²) >= 11 is 4.42. The molecule has 1 aromatic carbocycles. The summed E-state index contributed by atoms with van der Waals surface area (Å²) in [5.74, 6) is -1.50. The van der Waals surface area contributed by atoms with Gasteiger partial charge in [0.1, 0.15) is 6.54 Å². The van der Waals surface area contributed by atoms with Crippen molar-refractivity contribution in [1.29, 1.82) is 0 Å². The highest BCUT2D eigenvalue weighted by molar-refractivity contribution is 9.10. The molecule has 1 N–H and O–H groups in total. The van der Waals surface area contributed by atoms with Gasteiger partial charge in [-0.1, -0.05) is 72.8 Å². The van der Waals surface area contributed by atoms with E-state index in [1.54, 1.807) is 0 Å². The van der Waals surface area contributed by atoms with E-state index in [2.05, 4.69) is 22.9 Å². The molecule has 0 aromatic heterocycles. The number of aryl methyl sites for hydroxylation is 1. The van der Waals surface area contributed by atoms with Crippen LogP contribution in [0, 0.1) is 13.8 Å². The van der Waals surface area contributed by atoms with Crippen LogP contribution in [0.25, 0.3) is 0 Å². The Morgan fingerprint density at radius 3 is 2.36 bits per heavy atom. The molecule has 5 nitrogen and oxygen atoms in total. The highest BCUT2D eigenvalue weighted by Gasteiger charge is 2.23. The molecule has 0 bridgehead atoms. The maximum atomic E-state index is 12.7. The van der Waals surface area contributed by atoms with Crippen LogP contribution in [0.4, 0.5) is 5.69 Å². The Kier molecular flexibility index (Phi) is 11.5. The SMILES string of the molecule is CCCCCCCCC(=O)SCC(=O)N(CC(=O)O)c1c(C)ccc(Br)c1C. The number of nitrogens with zero attached hydrogens (tertiary/aromatic N) is 1. The summed E-state index contributed by atoms with van der Waals surface area (Å²) in [4.78, 5) is 37.4. The minimum Gasteiger partial charge on any atom is -0.480 e. The molecule has 0 saturated carbocycles. The van der Waals surface area contributed by atoms with Crippen LogP contribution in [0.1, 0.15) is 63.0 Å². The number of carbonyl (C=O) groups is 3. The second kappa shape index (κ2) is 13.0. The molecule has 0 fully saturated rings. The van der Waals surface area contributed by atoms with Crippen molar-refractivity contribution < 1.29 is 19.5 Å². The number of amides is 1. The molecule has 0 atom stereocenters. The summed E-state index contributed by atoms with van der Waals surface area (Å²) in [5.41, 5.74) is 2.21. The lowest BCUT2D eigenvalue weighted by atomic mass is 10.1. The molecule has 0 heterocycles. The molecule has 0 aliphatic rings. The minimum absolute atomic E-state index is 0.0122. The van der Waals surface area contributed by atoms with Crippen molar-refractivity contribution in [2.75, 3.05) is 17.2 Å². The number of rotatable bonds is 12. The zero-order valence-electron chi connectivity index (χ0n) is 16.9. The van der Waals surface area contributed by atoms with Gasteiger partial charge in [0, 0.05) is 10.9 Å². The zero-order valence-corrected chi connectivity index (χ0v) is 19.3. The number of benzene rings is 1. The molecule has 0 spiro atoms. The fourth-order valence-corrected chi connectivity index (χ4v) is 4.04. The van der Waals surface area contributed by atoms with E-state index in [-0.39, 0.29) is 16.8 Å². The Hall–Kier alpha value is -1.34. The lowest BCUT2D eigenvalue weighted by molar-refractivity contribution is -0.136. The maximum absolute atomic E-state index is 12.7. The molecule has 7 heteroatoms. The first-order valence-electron chi connectivity index (χ1n) is 9.71. The second-order valence-corrected chi connectivity index (χ2v) is 8.78. The highest BCUT2D eigenvalue weighted by atomic mass is 79.9. The van der Waals surface area contributed by atoms with E-state index in [0.717, 1.165) is 46.6 Å². The molecule has 0 aliphatic heterocycles. The van der Waals surface area contributed by atoms with E-state index in [9.17, 15) is 19.5 Å². The van der Waals surface area contributed by atoms with Gasteiger partial charge in [-0.3, -0.25) is 19.3 Å². The average Bonchev–Trinajstić information content (AvgIpc) is 2.64. The largest absolute Gasteiger partial charge is 0.480 e. The molecule has 1 amide bonds. The summed E-state index contributed by atoms with van der Waals surface area (Å²) < 4.78 is 0.808. The van der Waals surface area contributed by atoms with Gasteiger partial charge in [0.25, 0.3) is 0 Å². The van der Waals surface area contributed by atoms with E-state index in [1.807, 2.05) is 26.0 Å². The van der Waals surface area contributed by atoms with Crippen molar-refractivity contribution in [3.8, 4) is 0 Å². The number of aliphatic carboxylic acids is 1.